The largest absolute Gasteiger partial charge is 0.462 e. The van der Waals surface area contributed by atoms with E-state index in [-0.39, 0.29) is 34.9 Å². The molecule has 0 spiro atoms. The van der Waals surface area contributed by atoms with Crippen LogP contribution in [0.3, 0.4) is 0 Å². The lowest BCUT2D eigenvalue weighted by Gasteiger charge is -2.60. The van der Waals surface area contributed by atoms with Gasteiger partial charge in [0, 0.05) is 24.2 Å². The maximum Gasteiger partial charge on any atom is 0.306 e. The van der Waals surface area contributed by atoms with Gasteiger partial charge in [-0.3, -0.25) is 14.4 Å². The molecule has 4 rings (SSSR count). The van der Waals surface area contributed by atoms with Crippen LogP contribution in [0.2, 0.25) is 0 Å². The molecule has 0 unspecified atom stereocenters. The predicted octanol–water partition coefficient (Wildman–Crippen LogP) is 3.13. The summed E-state index contributed by atoms with van der Waals surface area (Å²) in [5.41, 5.74) is -1.37. The highest BCUT2D eigenvalue weighted by molar-refractivity contribution is 5.92. The van der Waals surface area contributed by atoms with Crippen molar-refractivity contribution in [1.29, 1.82) is 0 Å². The van der Waals surface area contributed by atoms with E-state index in [0.29, 0.717) is 32.1 Å². The van der Waals surface area contributed by atoms with Gasteiger partial charge in [0.05, 0.1) is 0 Å². The van der Waals surface area contributed by atoms with Crippen molar-refractivity contribution in [2.24, 2.45) is 28.6 Å². The second kappa shape index (κ2) is 7.80. The highest BCUT2D eigenvalue weighted by atomic mass is 16.5. The van der Waals surface area contributed by atoms with Crippen molar-refractivity contribution >= 4 is 17.5 Å². The molecule has 0 aliphatic heterocycles. The molecular formula is C25H36O6. The third kappa shape index (κ3) is 3.24. The lowest BCUT2D eigenvalue weighted by atomic mass is 9.45. The molecule has 0 radical (unpaired) electrons. The number of aliphatic hydroxyl groups is 2. The summed E-state index contributed by atoms with van der Waals surface area (Å²) in [6, 6.07) is 0. The minimum absolute atomic E-state index is 0.0751. The van der Waals surface area contributed by atoms with Crippen molar-refractivity contribution in [3.63, 3.8) is 0 Å². The van der Waals surface area contributed by atoms with Crippen LogP contribution in [0.25, 0.3) is 0 Å². The molecule has 3 saturated carbocycles. The number of ether oxygens (including phenoxy) is 1. The monoisotopic (exact) mass is 432 g/mol. The molecule has 31 heavy (non-hydrogen) atoms. The summed E-state index contributed by atoms with van der Waals surface area (Å²) in [4.78, 5) is 37.4. The third-order valence-corrected chi connectivity index (χ3v) is 9.37. The van der Waals surface area contributed by atoms with Crippen LogP contribution in [0.15, 0.2) is 11.6 Å². The molecule has 0 aromatic rings. The Hall–Kier alpha value is -1.53. The van der Waals surface area contributed by atoms with Crippen LogP contribution < -0.4 is 0 Å². The van der Waals surface area contributed by atoms with Crippen molar-refractivity contribution in [3.8, 4) is 0 Å². The Labute approximate surface area is 184 Å². The van der Waals surface area contributed by atoms with E-state index in [1.165, 1.54) is 5.57 Å². The molecule has 7 atom stereocenters. The summed E-state index contributed by atoms with van der Waals surface area (Å²) in [7, 11) is 0. The maximum atomic E-state index is 12.7. The van der Waals surface area contributed by atoms with Gasteiger partial charge in [-0.15, -0.1) is 0 Å². The van der Waals surface area contributed by atoms with Crippen molar-refractivity contribution < 1.29 is 29.3 Å². The van der Waals surface area contributed by atoms with Gasteiger partial charge >= 0.3 is 5.97 Å². The van der Waals surface area contributed by atoms with E-state index in [9.17, 15) is 24.6 Å². The van der Waals surface area contributed by atoms with Gasteiger partial charge in [-0.25, -0.2) is 0 Å². The Morgan fingerprint density at radius 2 is 1.94 bits per heavy atom. The van der Waals surface area contributed by atoms with Crippen LogP contribution in [0.1, 0.15) is 78.6 Å². The topological polar surface area (TPSA) is 101 Å². The first-order valence-corrected chi connectivity index (χ1v) is 11.9. The summed E-state index contributed by atoms with van der Waals surface area (Å²) >= 11 is 0. The highest BCUT2D eigenvalue weighted by Gasteiger charge is 2.69. The van der Waals surface area contributed by atoms with E-state index in [2.05, 4.69) is 6.92 Å². The molecule has 6 nitrogen and oxygen atoms in total. The zero-order chi connectivity index (χ0) is 22.6. The van der Waals surface area contributed by atoms with E-state index in [1.807, 2.05) is 19.9 Å². The smallest absolute Gasteiger partial charge is 0.306 e. The second-order valence-corrected chi connectivity index (χ2v) is 10.8. The number of allylic oxidation sites excluding steroid dienone is 1. The zero-order valence-electron chi connectivity index (χ0n) is 19.0. The SMILES string of the molecule is CCCC(=O)O[C@H]1C[C@@]2(C)[C@@H](CC[C@]2(O)C(=O)CO)[C@@H]2CCC3=CC(=O)CC[C@]3(C)[C@H]21. The van der Waals surface area contributed by atoms with Crippen molar-refractivity contribution in [1.82, 2.24) is 0 Å². The molecule has 4 aliphatic carbocycles. The van der Waals surface area contributed by atoms with Crippen LogP contribution in [0, 0.1) is 28.6 Å². The molecular weight excluding hydrogens is 396 g/mol. The van der Waals surface area contributed by atoms with Crippen molar-refractivity contribution in [2.75, 3.05) is 6.61 Å². The molecule has 0 saturated heterocycles. The van der Waals surface area contributed by atoms with Crippen LogP contribution >= 0.6 is 0 Å². The van der Waals surface area contributed by atoms with Crippen molar-refractivity contribution in [3.05, 3.63) is 11.6 Å². The number of hydrogen-bond acceptors (Lipinski definition) is 6. The standard InChI is InChI=1S/C25H36O6/c1-4-5-21(29)31-19-13-24(3)18(9-11-25(24,30)20(28)14-26)17-7-6-15-12-16(27)8-10-23(15,2)22(17)19/h12,17-19,22,26,30H,4-11,13-14H2,1-3H3/t17-,18-,19-,22+,23-,24-,25-/m0/s1. The van der Waals surface area contributed by atoms with Crippen LogP contribution in [0.5, 0.6) is 0 Å². The Balaban J connectivity index is 1.77. The molecule has 3 fully saturated rings. The molecule has 6 heteroatoms. The number of aliphatic hydroxyl groups excluding tert-OH is 1. The molecule has 0 aromatic carbocycles. The van der Waals surface area contributed by atoms with E-state index in [1.54, 1.807) is 0 Å². The van der Waals surface area contributed by atoms with Crippen molar-refractivity contribution in [2.45, 2.75) is 90.3 Å². The van der Waals surface area contributed by atoms with Crippen LogP contribution in [-0.2, 0) is 19.1 Å². The van der Waals surface area contributed by atoms with Gasteiger partial charge in [0.2, 0.25) is 0 Å². The fourth-order valence-electron chi connectivity index (χ4n) is 7.79. The number of hydrogen-bond donors (Lipinski definition) is 2. The number of rotatable bonds is 5. The number of carbonyl (C=O) groups excluding carboxylic acids is 3. The zero-order valence-corrected chi connectivity index (χ0v) is 19.0. The Bertz CT molecular complexity index is 817. The lowest BCUT2D eigenvalue weighted by molar-refractivity contribution is -0.196. The average Bonchev–Trinajstić information content (AvgIpc) is 2.99. The molecule has 4 aliphatic rings. The second-order valence-electron chi connectivity index (χ2n) is 10.8. The maximum absolute atomic E-state index is 12.7. The van der Waals surface area contributed by atoms with E-state index < -0.39 is 29.5 Å². The molecule has 0 heterocycles. The summed E-state index contributed by atoms with van der Waals surface area (Å²) in [5.74, 6) is -0.194. The van der Waals surface area contributed by atoms with Crippen LogP contribution in [-0.4, -0.2) is 46.1 Å². The quantitative estimate of drug-likeness (QED) is 0.648. The first kappa shape index (κ1) is 22.7. The van der Waals surface area contributed by atoms with E-state index >= 15 is 0 Å². The normalized spacial score (nSPS) is 44.0. The highest BCUT2D eigenvalue weighted by Crippen LogP contribution is 2.68. The Morgan fingerprint density at radius 1 is 1.19 bits per heavy atom. The molecule has 2 N–H and O–H groups in total. The number of esters is 1. The Kier molecular flexibility index (Phi) is 5.70. The fourth-order valence-corrected chi connectivity index (χ4v) is 7.79. The van der Waals surface area contributed by atoms with Gasteiger partial charge < -0.3 is 14.9 Å². The first-order chi connectivity index (χ1) is 14.6. The summed E-state index contributed by atoms with van der Waals surface area (Å²) in [6.07, 6.45) is 6.87. The first-order valence-electron chi connectivity index (χ1n) is 11.9. The third-order valence-electron chi connectivity index (χ3n) is 9.37. The van der Waals surface area contributed by atoms with Crippen LogP contribution in [0.4, 0.5) is 0 Å². The molecule has 0 amide bonds. The average molecular weight is 433 g/mol. The predicted molar refractivity (Wildman–Crippen MR) is 114 cm³/mol. The minimum Gasteiger partial charge on any atom is -0.462 e. The molecule has 0 aromatic heterocycles. The number of Topliss-reactive ketones (excluding diaryl/α,β-unsaturated/α-hetero) is 1. The van der Waals surface area contributed by atoms with Gasteiger partial charge in [-0.1, -0.05) is 26.3 Å². The molecule has 0 bridgehead atoms. The van der Waals surface area contributed by atoms with Gasteiger partial charge in [-0.2, -0.15) is 0 Å². The summed E-state index contributed by atoms with van der Waals surface area (Å²) in [6.45, 7) is 5.42. The van der Waals surface area contributed by atoms with E-state index in [4.69, 9.17) is 4.74 Å². The van der Waals surface area contributed by atoms with Gasteiger partial charge in [-0.05, 0) is 68.3 Å². The van der Waals surface area contributed by atoms with Gasteiger partial charge in [0.25, 0.3) is 0 Å². The van der Waals surface area contributed by atoms with Gasteiger partial charge in [0.15, 0.2) is 11.6 Å². The Morgan fingerprint density at radius 3 is 2.61 bits per heavy atom. The summed E-state index contributed by atoms with van der Waals surface area (Å²) < 4.78 is 6.09. The number of ketones is 2. The van der Waals surface area contributed by atoms with Gasteiger partial charge in [0.1, 0.15) is 18.3 Å². The number of fused-ring (bicyclic) bond motifs is 5. The lowest BCUT2D eigenvalue weighted by Crippen LogP contribution is -2.62. The summed E-state index contributed by atoms with van der Waals surface area (Å²) in [5, 5.41) is 21.0. The molecule has 172 valence electrons. The van der Waals surface area contributed by atoms with E-state index in [0.717, 1.165) is 25.7 Å². The minimum atomic E-state index is -1.59. The number of carbonyl (C=O) groups is 3. The fraction of sp³-hybridized carbons (Fsp3) is 0.800.